The predicted molar refractivity (Wildman–Crippen MR) is 116 cm³/mol. The number of hydrogen-bond acceptors (Lipinski definition) is 5. The van der Waals surface area contributed by atoms with Crippen molar-refractivity contribution in [3.8, 4) is 0 Å². The molecule has 3 aromatic rings. The summed E-state index contributed by atoms with van der Waals surface area (Å²) >= 11 is 0. The molecule has 0 spiro atoms. The van der Waals surface area contributed by atoms with Gasteiger partial charge < -0.3 is 10.6 Å². The van der Waals surface area contributed by atoms with Crippen molar-refractivity contribution in [2.24, 2.45) is 0 Å². The highest BCUT2D eigenvalue weighted by molar-refractivity contribution is 5.67. The molecule has 6 nitrogen and oxygen atoms in total. The minimum absolute atomic E-state index is 0.0229. The molecular formula is C23H23FN4O2. The Morgan fingerprint density at radius 2 is 1.43 bits per heavy atom. The molecule has 154 valence electrons. The maximum Gasteiger partial charge on any atom is 0.295 e. The van der Waals surface area contributed by atoms with Crippen LogP contribution in [0, 0.1) is 15.9 Å². The van der Waals surface area contributed by atoms with Crippen LogP contribution in [-0.4, -0.2) is 36.0 Å². The Morgan fingerprint density at radius 1 is 0.900 bits per heavy atom. The Labute approximate surface area is 174 Å². The third-order valence-electron chi connectivity index (χ3n) is 5.54. The third kappa shape index (κ3) is 3.97. The van der Waals surface area contributed by atoms with Gasteiger partial charge in [0, 0.05) is 26.2 Å². The molecular weight excluding hydrogens is 383 g/mol. The summed E-state index contributed by atoms with van der Waals surface area (Å²) in [5.41, 5.74) is 8.09. The van der Waals surface area contributed by atoms with E-state index in [1.165, 1.54) is 17.2 Å². The van der Waals surface area contributed by atoms with Gasteiger partial charge in [0.05, 0.1) is 22.7 Å². The van der Waals surface area contributed by atoms with E-state index in [4.69, 9.17) is 5.73 Å². The van der Waals surface area contributed by atoms with Crippen molar-refractivity contribution in [3.05, 3.63) is 99.9 Å². The van der Waals surface area contributed by atoms with Gasteiger partial charge in [-0.25, -0.2) is 4.39 Å². The van der Waals surface area contributed by atoms with Crippen molar-refractivity contribution in [2.75, 3.05) is 36.8 Å². The molecule has 0 amide bonds. The number of nitro groups is 1. The lowest BCUT2D eigenvalue weighted by Gasteiger charge is -2.40. The number of rotatable bonds is 5. The molecule has 0 aliphatic carbocycles. The molecule has 1 saturated heterocycles. The quantitative estimate of drug-likeness (QED) is 0.390. The molecule has 2 N–H and O–H groups in total. The Bertz CT molecular complexity index is 983. The van der Waals surface area contributed by atoms with Crippen LogP contribution < -0.4 is 10.6 Å². The minimum atomic E-state index is -0.662. The Morgan fingerprint density at radius 3 is 1.93 bits per heavy atom. The van der Waals surface area contributed by atoms with E-state index in [-0.39, 0.29) is 11.7 Å². The van der Waals surface area contributed by atoms with Gasteiger partial charge in [0.2, 0.25) is 0 Å². The van der Waals surface area contributed by atoms with Gasteiger partial charge in [-0.1, -0.05) is 60.7 Å². The summed E-state index contributed by atoms with van der Waals surface area (Å²) in [6, 6.07) is 23.1. The van der Waals surface area contributed by atoms with Crippen molar-refractivity contribution in [2.45, 2.75) is 6.04 Å². The third-order valence-corrected chi connectivity index (χ3v) is 5.54. The van der Waals surface area contributed by atoms with Crippen LogP contribution in [0.2, 0.25) is 0 Å². The van der Waals surface area contributed by atoms with E-state index < -0.39 is 16.4 Å². The number of halogens is 1. The number of nitrogens with two attached hydrogens (primary N) is 1. The van der Waals surface area contributed by atoms with Crippen LogP contribution in [-0.2, 0) is 0 Å². The normalized spacial score (nSPS) is 14.8. The zero-order valence-electron chi connectivity index (χ0n) is 16.4. The van der Waals surface area contributed by atoms with Crippen molar-refractivity contribution in [1.82, 2.24) is 4.90 Å². The molecule has 0 radical (unpaired) electrons. The molecule has 1 aliphatic rings. The summed E-state index contributed by atoms with van der Waals surface area (Å²) < 4.78 is 14.5. The summed E-state index contributed by atoms with van der Waals surface area (Å²) in [5, 5.41) is 11.0. The number of nitrogen functional groups attached to an aromatic ring is 1. The number of nitro benzene ring substituents is 1. The first-order valence-electron chi connectivity index (χ1n) is 9.87. The average molecular weight is 406 g/mol. The minimum Gasteiger partial charge on any atom is -0.393 e. The van der Waals surface area contributed by atoms with Crippen molar-refractivity contribution >= 4 is 17.1 Å². The van der Waals surface area contributed by atoms with E-state index in [0.717, 1.165) is 19.2 Å². The number of piperazine rings is 1. The Kier molecular flexibility index (Phi) is 5.63. The molecule has 0 atom stereocenters. The smallest absolute Gasteiger partial charge is 0.295 e. The zero-order chi connectivity index (χ0) is 21.1. The van der Waals surface area contributed by atoms with E-state index in [9.17, 15) is 14.5 Å². The van der Waals surface area contributed by atoms with Crippen molar-refractivity contribution in [3.63, 3.8) is 0 Å². The number of benzene rings is 3. The van der Waals surface area contributed by atoms with Gasteiger partial charge in [-0.05, 0) is 17.2 Å². The van der Waals surface area contributed by atoms with E-state index >= 15 is 0 Å². The van der Waals surface area contributed by atoms with Crippen LogP contribution >= 0.6 is 0 Å². The van der Waals surface area contributed by atoms with E-state index in [0.29, 0.717) is 18.8 Å². The number of hydrogen-bond donors (Lipinski definition) is 1. The van der Waals surface area contributed by atoms with E-state index in [1.54, 1.807) is 0 Å². The summed E-state index contributed by atoms with van der Waals surface area (Å²) in [6.07, 6.45) is 0. The Hall–Kier alpha value is -3.45. The monoisotopic (exact) mass is 406 g/mol. The van der Waals surface area contributed by atoms with Gasteiger partial charge in [-0.15, -0.1) is 0 Å². The molecule has 1 heterocycles. The van der Waals surface area contributed by atoms with E-state index in [2.05, 4.69) is 29.2 Å². The maximum atomic E-state index is 14.5. The topological polar surface area (TPSA) is 75.6 Å². The van der Waals surface area contributed by atoms with Crippen LogP contribution in [0.15, 0.2) is 72.8 Å². The summed E-state index contributed by atoms with van der Waals surface area (Å²) in [6.45, 7) is 2.66. The highest BCUT2D eigenvalue weighted by Crippen LogP contribution is 2.33. The summed E-state index contributed by atoms with van der Waals surface area (Å²) in [4.78, 5) is 14.6. The highest BCUT2D eigenvalue weighted by Gasteiger charge is 2.28. The van der Waals surface area contributed by atoms with Crippen LogP contribution in [0.1, 0.15) is 17.2 Å². The molecule has 4 rings (SSSR count). The fourth-order valence-electron chi connectivity index (χ4n) is 4.07. The second kappa shape index (κ2) is 8.51. The average Bonchev–Trinajstić information content (AvgIpc) is 2.77. The van der Waals surface area contributed by atoms with Crippen molar-refractivity contribution < 1.29 is 9.31 Å². The molecule has 0 bridgehead atoms. The first-order valence-corrected chi connectivity index (χ1v) is 9.87. The second-order valence-electron chi connectivity index (χ2n) is 7.37. The highest BCUT2D eigenvalue weighted by atomic mass is 19.1. The number of nitrogens with zero attached hydrogens (tertiary/aromatic N) is 3. The molecule has 0 saturated carbocycles. The fourth-order valence-corrected chi connectivity index (χ4v) is 4.07. The lowest BCUT2D eigenvalue weighted by atomic mass is 9.96. The molecule has 30 heavy (non-hydrogen) atoms. The first-order chi connectivity index (χ1) is 14.5. The largest absolute Gasteiger partial charge is 0.393 e. The van der Waals surface area contributed by atoms with Gasteiger partial charge in [-0.3, -0.25) is 15.0 Å². The zero-order valence-corrected chi connectivity index (χ0v) is 16.4. The van der Waals surface area contributed by atoms with Crippen molar-refractivity contribution in [1.29, 1.82) is 0 Å². The SMILES string of the molecule is Nc1cc(N2CCN(C(c3ccccc3)c3ccccc3)CC2)c(F)cc1[N+](=O)[O-]. The second-order valence-corrected chi connectivity index (χ2v) is 7.37. The first kappa shape index (κ1) is 19.8. The van der Waals surface area contributed by atoms with Crippen LogP contribution in [0.5, 0.6) is 0 Å². The van der Waals surface area contributed by atoms with Gasteiger partial charge in [-0.2, -0.15) is 0 Å². The molecule has 1 fully saturated rings. The molecule has 3 aromatic carbocycles. The maximum absolute atomic E-state index is 14.5. The molecule has 0 unspecified atom stereocenters. The van der Waals surface area contributed by atoms with Gasteiger partial charge in [0.1, 0.15) is 5.69 Å². The van der Waals surface area contributed by atoms with Crippen LogP contribution in [0.4, 0.5) is 21.5 Å². The fraction of sp³-hybridized carbons (Fsp3) is 0.217. The van der Waals surface area contributed by atoms with E-state index in [1.807, 2.05) is 41.3 Å². The van der Waals surface area contributed by atoms with Gasteiger partial charge >= 0.3 is 0 Å². The summed E-state index contributed by atoms with van der Waals surface area (Å²) in [7, 11) is 0. The number of anilines is 2. The van der Waals surface area contributed by atoms with Crippen LogP contribution in [0.25, 0.3) is 0 Å². The predicted octanol–water partition coefficient (Wildman–Crippen LogP) is 4.23. The molecule has 1 aliphatic heterocycles. The van der Waals surface area contributed by atoms with Gasteiger partial charge in [0.15, 0.2) is 5.82 Å². The Balaban J connectivity index is 1.56. The molecule has 7 heteroatoms. The van der Waals surface area contributed by atoms with Crippen LogP contribution in [0.3, 0.4) is 0 Å². The molecule has 0 aromatic heterocycles. The lowest BCUT2D eigenvalue weighted by Crippen LogP contribution is -2.48. The standard InChI is InChI=1S/C23H23FN4O2/c24-19-15-22(28(29)30)20(25)16-21(19)26-11-13-27(14-12-26)23(17-7-3-1-4-8-17)18-9-5-2-6-10-18/h1-10,15-16,23H,11-14,25H2. The lowest BCUT2D eigenvalue weighted by molar-refractivity contribution is -0.384. The van der Waals surface area contributed by atoms with Gasteiger partial charge in [0.25, 0.3) is 5.69 Å². The summed E-state index contributed by atoms with van der Waals surface area (Å²) in [5.74, 6) is -0.619.